The van der Waals surface area contributed by atoms with Gasteiger partial charge in [0.2, 0.25) is 0 Å². The van der Waals surface area contributed by atoms with Gasteiger partial charge in [0.05, 0.1) is 5.39 Å². The minimum atomic E-state index is 0.874. The number of fused-ring (bicyclic) bond motifs is 1. The summed E-state index contributed by atoms with van der Waals surface area (Å²) in [5, 5.41) is 8.65. The number of aromatic nitrogens is 1. The van der Waals surface area contributed by atoms with Crippen molar-refractivity contribution in [3.05, 3.63) is 23.8 Å². The first-order chi connectivity index (χ1) is 7.84. The topological polar surface area (TPSA) is 41.3 Å². The van der Waals surface area contributed by atoms with E-state index in [1.165, 1.54) is 5.56 Å². The molecule has 3 rings (SSSR count). The maximum absolute atomic E-state index is 5.35. The van der Waals surface area contributed by atoms with Gasteiger partial charge < -0.3 is 14.7 Å². The molecule has 0 atom stereocenters. The van der Waals surface area contributed by atoms with Gasteiger partial charge in [0.1, 0.15) is 0 Å². The number of benzene rings is 1. The van der Waals surface area contributed by atoms with Crippen LogP contribution in [0.1, 0.15) is 5.56 Å². The molecule has 0 saturated carbocycles. The van der Waals surface area contributed by atoms with Crippen molar-refractivity contribution in [1.82, 2.24) is 10.5 Å². The van der Waals surface area contributed by atoms with E-state index in [0.29, 0.717) is 0 Å². The highest BCUT2D eigenvalue weighted by Gasteiger charge is 2.17. The quantitative estimate of drug-likeness (QED) is 0.786. The Morgan fingerprint density at radius 1 is 1.31 bits per heavy atom. The van der Waals surface area contributed by atoms with Gasteiger partial charge in [-0.25, -0.2) is 0 Å². The fourth-order valence-corrected chi connectivity index (χ4v) is 2.14. The van der Waals surface area contributed by atoms with Crippen molar-refractivity contribution in [2.45, 2.75) is 6.92 Å². The summed E-state index contributed by atoms with van der Waals surface area (Å²) in [5.41, 5.74) is 2.12. The Hall–Kier alpha value is -1.55. The van der Waals surface area contributed by atoms with Crippen molar-refractivity contribution in [2.24, 2.45) is 0 Å². The maximum atomic E-state index is 5.35. The monoisotopic (exact) mass is 217 g/mol. The third-order valence-electron chi connectivity index (χ3n) is 3.02. The zero-order valence-corrected chi connectivity index (χ0v) is 9.36. The highest BCUT2D eigenvalue weighted by molar-refractivity contribution is 5.89. The summed E-state index contributed by atoms with van der Waals surface area (Å²) >= 11 is 0. The smallest absolute Gasteiger partial charge is 0.180 e. The lowest BCUT2D eigenvalue weighted by Crippen LogP contribution is -2.43. The summed E-state index contributed by atoms with van der Waals surface area (Å²) in [6.45, 7) is 6.11. The van der Waals surface area contributed by atoms with Gasteiger partial charge in [0.15, 0.2) is 11.4 Å². The molecule has 84 valence electrons. The minimum Gasteiger partial charge on any atom is -0.354 e. The van der Waals surface area contributed by atoms with E-state index < -0.39 is 0 Å². The van der Waals surface area contributed by atoms with E-state index >= 15 is 0 Å². The standard InChI is InChI=1S/C12H15N3O/c1-9-2-3-11-10(8-9)12(14-16-11)15-6-4-13-5-7-15/h2-3,8,13H,4-7H2,1H3. The Morgan fingerprint density at radius 2 is 2.12 bits per heavy atom. The van der Waals surface area contributed by atoms with Crippen molar-refractivity contribution in [1.29, 1.82) is 0 Å². The van der Waals surface area contributed by atoms with Crippen molar-refractivity contribution in [3.8, 4) is 0 Å². The number of anilines is 1. The number of hydrogen-bond acceptors (Lipinski definition) is 4. The summed E-state index contributed by atoms with van der Waals surface area (Å²) in [7, 11) is 0. The number of nitrogens with one attached hydrogen (secondary N) is 1. The molecule has 4 nitrogen and oxygen atoms in total. The predicted octanol–water partition coefficient (Wildman–Crippen LogP) is 1.55. The van der Waals surface area contributed by atoms with Crippen molar-refractivity contribution in [2.75, 3.05) is 31.1 Å². The average molecular weight is 217 g/mol. The highest BCUT2D eigenvalue weighted by atomic mass is 16.5. The van der Waals surface area contributed by atoms with Gasteiger partial charge in [-0.2, -0.15) is 0 Å². The second-order valence-corrected chi connectivity index (χ2v) is 4.24. The van der Waals surface area contributed by atoms with Gasteiger partial charge in [-0.3, -0.25) is 0 Å². The van der Waals surface area contributed by atoms with E-state index in [0.717, 1.165) is 43.0 Å². The van der Waals surface area contributed by atoms with Gasteiger partial charge >= 0.3 is 0 Å². The average Bonchev–Trinajstić information content (AvgIpc) is 2.73. The molecule has 1 saturated heterocycles. The number of rotatable bonds is 1. The van der Waals surface area contributed by atoms with E-state index in [-0.39, 0.29) is 0 Å². The van der Waals surface area contributed by atoms with Gasteiger partial charge in [-0.15, -0.1) is 0 Å². The number of aryl methyl sites for hydroxylation is 1. The molecule has 1 aromatic carbocycles. The lowest BCUT2D eigenvalue weighted by molar-refractivity contribution is 0.451. The zero-order chi connectivity index (χ0) is 11.0. The normalized spacial score (nSPS) is 16.9. The molecule has 0 radical (unpaired) electrons. The summed E-state index contributed by atoms with van der Waals surface area (Å²) in [6, 6.07) is 6.18. The van der Waals surface area contributed by atoms with E-state index in [9.17, 15) is 0 Å². The molecule has 0 unspecified atom stereocenters. The number of piperazine rings is 1. The van der Waals surface area contributed by atoms with Gasteiger partial charge in [0, 0.05) is 26.2 Å². The second-order valence-electron chi connectivity index (χ2n) is 4.24. The molecule has 16 heavy (non-hydrogen) atoms. The summed E-state index contributed by atoms with van der Waals surface area (Å²) in [6.07, 6.45) is 0. The van der Waals surface area contributed by atoms with Crippen LogP contribution in [0, 0.1) is 6.92 Å². The molecular formula is C12H15N3O. The van der Waals surface area contributed by atoms with E-state index in [2.05, 4.69) is 34.4 Å². The Kier molecular flexibility index (Phi) is 2.29. The van der Waals surface area contributed by atoms with Crippen LogP contribution in [0.3, 0.4) is 0 Å². The van der Waals surface area contributed by atoms with Crippen LogP contribution in [0.2, 0.25) is 0 Å². The first-order valence-corrected chi connectivity index (χ1v) is 5.66. The molecule has 1 fully saturated rings. The Bertz CT molecular complexity index is 500. The maximum Gasteiger partial charge on any atom is 0.180 e. The Balaban J connectivity index is 2.05. The van der Waals surface area contributed by atoms with Crippen LogP contribution in [-0.4, -0.2) is 31.3 Å². The SMILES string of the molecule is Cc1ccc2onc(N3CCNCC3)c2c1. The molecule has 4 heteroatoms. The van der Waals surface area contributed by atoms with Gasteiger partial charge in [0.25, 0.3) is 0 Å². The molecule has 1 aliphatic rings. The number of nitrogens with zero attached hydrogens (tertiary/aromatic N) is 2. The van der Waals surface area contributed by atoms with E-state index in [1.807, 2.05) is 6.07 Å². The van der Waals surface area contributed by atoms with Crippen molar-refractivity contribution < 1.29 is 4.52 Å². The molecule has 0 amide bonds. The fraction of sp³-hybridized carbons (Fsp3) is 0.417. The molecule has 0 spiro atoms. The van der Waals surface area contributed by atoms with Crippen LogP contribution < -0.4 is 10.2 Å². The van der Waals surface area contributed by atoms with E-state index in [1.54, 1.807) is 0 Å². The molecule has 1 N–H and O–H groups in total. The van der Waals surface area contributed by atoms with Crippen LogP contribution in [-0.2, 0) is 0 Å². The first kappa shape index (κ1) is 9.66. The van der Waals surface area contributed by atoms with Crippen LogP contribution in [0.15, 0.2) is 22.7 Å². The van der Waals surface area contributed by atoms with Crippen LogP contribution in [0.4, 0.5) is 5.82 Å². The summed E-state index contributed by atoms with van der Waals surface area (Å²) < 4.78 is 5.35. The van der Waals surface area contributed by atoms with Crippen LogP contribution in [0.25, 0.3) is 11.0 Å². The van der Waals surface area contributed by atoms with Crippen molar-refractivity contribution in [3.63, 3.8) is 0 Å². The molecule has 2 heterocycles. The molecule has 1 aliphatic heterocycles. The second kappa shape index (κ2) is 3.79. The molecular weight excluding hydrogens is 202 g/mol. The third kappa shape index (κ3) is 1.55. The molecule has 0 bridgehead atoms. The molecule has 0 aliphatic carbocycles. The predicted molar refractivity (Wildman–Crippen MR) is 63.8 cm³/mol. The van der Waals surface area contributed by atoms with Gasteiger partial charge in [-0.05, 0) is 19.1 Å². The lowest BCUT2D eigenvalue weighted by Gasteiger charge is -2.27. The largest absolute Gasteiger partial charge is 0.354 e. The minimum absolute atomic E-state index is 0.874. The Morgan fingerprint density at radius 3 is 2.94 bits per heavy atom. The highest BCUT2D eigenvalue weighted by Crippen LogP contribution is 2.26. The van der Waals surface area contributed by atoms with E-state index in [4.69, 9.17) is 4.52 Å². The van der Waals surface area contributed by atoms with Crippen molar-refractivity contribution >= 4 is 16.8 Å². The van der Waals surface area contributed by atoms with Crippen LogP contribution >= 0.6 is 0 Å². The lowest BCUT2D eigenvalue weighted by atomic mass is 10.1. The molecule has 1 aromatic heterocycles. The third-order valence-corrected chi connectivity index (χ3v) is 3.02. The van der Waals surface area contributed by atoms with Gasteiger partial charge in [-0.1, -0.05) is 16.8 Å². The number of hydrogen-bond donors (Lipinski definition) is 1. The summed E-state index contributed by atoms with van der Waals surface area (Å²) in [4.78, 5) is 2.28. The zero-order valence-electron chi connectivity index (χ0n) is 9.36. The fourth-order valence-electron chi connectivity index (χ4n) is 2.14. The Labute approximate surface area is 94.2 Å². The van der Waals surface area contributed by atoms with Crippen LogP contribution in [0.5, 0.6) is 0 Å². The summed E-state index contributed by atoms with van der Waals surface area (Å²) in [5.74, 6) is 0.986. The first-order valence-electron chi connectivity index (χ1n) is 5.66. The molecule has 2 aromatic rings.